The van der Waals surface area contributed by atoms with Crippen LogP contribution in [0.4, 0.5) is 0 Å². The Bertz CT molecular complexity index is 1470. The van der Waals surface area contributed by atoms with Crippen LogP contribution in [-0.4, -0.2) is 142 Å². The van der Waals surface area contributed by atoms with Crippen molar-refractivity contribution >= 4 is 11.9 Å². The second-order valence-corrected chi connectivity index (χ2v) is 19.1. The minimum atomic E-state index is -1.77. The summed E-state index contributed by atoms with van der Waals surface area (Å²) in [5.41, 5.74) is 0. The monoisotopic (exact) mass is 1010 g/mol. The summed E-state index contributed by atoms with van der Waals surface area (Å²) in [4.78, 5) is 25.8. The molecule has 0 radical (unpaired) electrons. The van der Waals surface area contributed by atoms with Gasteiger partial charge in [-0.05, 0) is 64.2 Å². The van der Waals surface area contributed by atoms with Crippen molar-refractivity contribution in [1.29, 1.82) is 0 Å². The second kappa shape index (κ2) is 42.5. The molecule has 2 aliphatic heterocycles. The summed E-state index contributed by atoms with van der Waals surface area (Å²) in [6.45, 7) is 2.42. The van der Waals surface area contributed by atoms with Gasteiger partial charge in [0, 0.05) is 12.8 Å². The molecule has 2 heterocycles. The lowest BCUT2D eigenvalue weighted by atomic mass is 9.98. The van der Waals surface area contributed by atoms with Gasteiger partial charge in [-0.15, -0.1) is 0 Å². The molecule has 0 amide bonds. The first-order valence-electron chi connectivity index (χ1n) is 27.4. The zero-order valence-corrected chi connectivity index (χ0v) is 43.4. The first-order valence-corrected chi connectivity index (χ1v) is 27.4. The summed E-state index contributed by atoms with van der Waals surface area (Å²) >= 11 is 0. The summed E-state index contributed by atoms with van der Waals surface area (Å²) < 4.78 is 33.6. The number of aliphatic hydroxyl groups excluding tert-OH is 7. The van der Waals surface area contributed by atoms with Crippen LogP contribution >= 0.6 is 0 Å². The minimum absolute atomic E-state index is 0.138. The highest BCUT2D eigenvalue weighted by Gasteiger charge is 2.47. The molecule has 2 aliphatic rings. The number of hydrogen-bond acceptors (Lipinski definition) is 15. The van der Waals surface area contributed by atoms with Crippen molar-refractivity contribution in [2.45, 2.75) is 255 Å². The van der Waals surface area contributed by atoms with E-state index in [1.54, 1.807) is 0 Å². The fourth-order valence-electron chi connectivity index (χ4n) is 8.31. The third kappa shape index (κ3) is 30.2. The lowest BCUT2D eigenvalue weighted by Crippen LogP contribution is -2.61. The summed E-state index contributed by atoms with van der Waals surface area (Å²) in [7, 11) is 0. The second-order valence-electron chi connectivity index (χ2n) is 19.1. The van der Waals surface area contributed by atoms with Crippen LogP contribution in [0, 0.1) is 0 Å². The number of carbonyl (C=O) groups is 2. The molecule has 0 saturated carbocycles. The largest absolute Gasteiger partial charge is 0.462 e. The summed E-state index contributed by atoms with van der Waals surface area (Å²) in [5, 5.41) is 72.1. The molecule has 0 aromatic carbocycles. The fourth-order valence-corrected chi connectivity index (χ4v) is 8.31. The third-order valence-electron chi connectivity index (χ3n) is 12.8. The van der Waals surface area contributed by atoms with Gasteiger partial charge in [0.25, 0.3) is 0 Å². The SMILES string of the molecule is CC/C=C/C=C/C=C/CCCCCCCC(=O)OC(COC(=O)CCCCCCCCC/C=C/C/C=C/CCCCCCCCCC)CO[C@@H]1O[C@H](CO[C@@H]2O[C@H](CO)[C@H](O)C(O)C2O)[C@H](O)C(O)C1O. The van der Waals surface area contributed by atoms with Gasteiger partial charge < -0.3 is 64.2 Å². The molecule has 15 nitrogen and oxygen atoms in total. The Morgan fingerprint density at radius 3 is 1.49 bits per heavy atom. The molecule has 410 valence electrons. The van der Waals surface area contributed by atoms with E-state index in [0.29, 0.717) is 12.8 Å². The van der Waals surface area contributed by atoms with Crippen molar-refractivity contribution in [3.63, 3.8) is 0 Å². The highest BCUT2D eigenvalue weighted by molar-refractivity contribution is 5.70. The Balaban J connectivity index is 1.76. The summed E-state index contributed by atoms with van der Waals surface area (Å²) in [6, 6.07) is 0. The summed E-state index contributed by atoms with van der Waals surface area (Å²) in [6.07, 6.45) is 32.5. The van der Waals surface area contributed by atoms with E-state index in [2.05, 4.69) is 50.3 Å². The highest BCUT2D eigenvalue weighted by atomic mass is 16.7. The Labute approximate surface area is 426 Å². The maximum absolute atomic E-state index is 13.0. The Kier molecular flexibility index (Phi) is 38.5. The number of carbonyl (C=O) groups excluding carboxylic acids is 2. The van der Waals surface area contributed by atoms with Crippen molar-refractivity contribution in [2.24, 2.45) is 0 Å². The molecule has 0 aromatic heterocycles. The molecule has 2 rings (SSSR count). The molecule has 2 fully saturated rings. The van der Waals surface area contributed by atoms with Gasteiger partial charge in [0.2, 0.25) is 0 Å². The standard InChI is InChI=1S/C56H96O15/c1-3-5-7-9-11-13-15-17-18-19-20-21-22-23-24-25-27-28-30-32-34-36-38-47(58)66-41-44(69-48(59)39-37-35-33-31-29-26-16-14-12-10-8-6-4-2)42-67-55-54(65)52(63)50(61)46(71-55)43-68-56-53(64)51(62)49(60)45(40-57)70-56/h6,8,10,12,14,16,19-20,22-23,44-46,49-57,60-65H,3-5,7,9,11,13,15,17-18,21,24-43H2,1-2H3/b8-6+,12-10+,16-14+,20-19+,23-22+/t44?,45-,46-,49+,50+,51?,52?,53?,54?,55-,56-/m1/s1. The van der Waals surface area contributed by atoms with Crippen molar-refractivity contribution in [3.8, 4) is 0 Å². The van der Waals surface area contributed by atoms with Crippen LogP contribution < -0.4 is 0 Å². The van der Waals surface area contributed by atoms with Crippen LogP contribution in [0.25, 0.3) is 0 Å². The van der Waals surface area contributed by atoms with Gasteiger partial charge in [0.1, 0.15) is 55.4 Å². The topological polar surface area (TPSA) is 231 Å². The van der Waals surface area contributed by atoms with Gasteiger partial charge in [-0.2, -0.15) is 0 Å². The van der Waals surface area contributed by atoms with Gasteiger partial charge in [-0.1, -0.05) is 171 Å². The van der Waals surface area contributed by atoms with Crippen molar-refractivity contribution in [3.05, 3.63) is 60.8 Å². The molecular formula is C56H96O15. The molecule has 5 unspecified atom stereocenters. The third-order valence-corrected chi connectivity index (χ3v) is 12.8. The predicted octanol–water partition coefficient (Wildman–Crippen LogP) is 8.44. The molecule has 0 spiro atoms. The molecule has 0 aliphatic carbocycles. The Morgan fingerprint density at radius 1 is 0.479 bits per heavy atom. The number of esters is 2. The summed E-state index contributed by atoms with van der Waals surface area (Å²) in [5.74, 6) is -0.960. The Hall–Kier alpha value is -2.80. The van der Waals surface area contributed by atoms with E-state index in [1.807, 2.05) is 24.3 Å². The average Bonchev–Trinajstić information content (AvgIpc) is 3.36. The number of rotatable bonds is 42. The van der Waals surface area contributed by atoms with Gasteiger partial charge in [-0.3, -0.25) is 9.59 Å². The number of allylic oxidation sites excluding steroid dienone is 10. The van der Waals surface area contributed by atoms with Gasteiger partial charge in [-0.25, -0.2) is 0 Å². The lowest BCUT2D eigenvalue weighted by molar-refractivity contribution is -0.332. The number of ether oxygens (including phenoxy) is 6. The van der Waals surface area contributed by atoms with Crippen LogP contribution in [0.2, 0.25) is 0 Å². The van der Waals surface area contributed by atoms with E-state index in [-0.39, 0.29) is 19.4 Å². The van der Waals surface area contributed by atoms with E-state index in [0.717, 1.165) is 77.0 Å². The quantitative estimate of drug-likeness (QED) is 0.0132. The molecular weight excluding hydrogens is 913 g/mol. The minimum Gasteiger partial charge on any atom is -0.462 e. The van der Waals surface area contributed by atoms with Gasteiger partial charge >= 0.3 is 11.9 Å². The predicted molar refractivity (Wildman–Crippen MR) is 275 cm³/mol. The number of aliphatic hydroxyl groups is 7. The lowest BCUT2D eigenvalue weighted by Gasteiger charge is -2.42. The fraction of sp³-hybridized carbons (Fsp3) is 0.786. The van der Waals surface area contributed by atoms with E-state index < -0.39 is 99.3 Å². The van der Waals surface area contributed by atoms with Crippen LogP contribution in [0.15, 0.2) is 60.8 Å². The molecule has 15 heteroatoms. The number of unbranched alkanes of at least 4 members (excludes halogenated alkanes) is 20. The van der Waals surface area contributed by atoms with Crippen LogP contribution in [0.5, 0.6) is 0 Å². The van der Waals surface area contributed by atoms with Crippen molar-refractivity contribution in [1.82, 2.24) is 0 Å². The molecule has 2 saturated heterocycles. The van der Waals surface area contributed by atoms with Crippen molar-refractivity contribution < 1.29 is 73.8 Å². The smallest absolute Gasteiger partial charge is 0.306 e. The zero-order valence-electron chi connectivity index (χ0n) is 43.4. The van der Waals surface area contributed by atoms with Gasteiger partial charge in [0.15, 0.2) is 18.7 Å². The number of hydrogen-bond donors (Lipinski definition) is 7. The first-order chi connectivity index (χ1) is 34.5. The average molecular weight is 1010 g/mol. The van der Waals surface area contributed by atoms with Crippen molar-refractivity contribution in [2.75, 3.05) is 26.4 Å². The normalized spacial score (nSPS) is 25.6. The van der Waals surface area contributed by atoms with Crippen LogP contribution in [0.1, 0.15) is 187 Å². The molecule has 0 aromatic rings. The van der Waals surface area contributed by atoms with E-state index in [9.17, 15) is 45.3 Å². The zero-order chi connectivity index (χ0) is 51.7. The van der Waals surface area contributed by atoms with E-state index in [1.165, 1.54) is 70.6 Å². The molecule has 11 atom stereocenters. The highest BCUT2D eigenvalue weighted by Crippen LogP contribution is 2.26. The van der Waals surface area contributed by atoms with Crippen LogP contribution in [-0.2, 0) is 38.0 Å². The molecule has 71 heavy (non-hydrogen) atoms. The first kappa shape index (κ1) is 64.3. The van der Waals surface area contributed by atoms with Gasteiger partial charge in [0.05, 0.1) is 19.8 Å². The molecule has 7 N–H and O–H groups in total. The molecule has 0 bridgehead atoms. The Morgan fingerprint density at radius 2 is 0.944 bits per heavy atom. The van der Waals surface area contributed by atoms with Crippen LogP contribution in [0.3, 0.4) is 0 Å². The van der Waals surface area contributed by atoms with E-state index >= 15 is 0 Å². The maximum Gasteiger partial charge on any atom is 0.306 e. The van der Waals surface area contributed by atoms with E-state index in [4.69, 9.17) is 28.4 Å². The maximum atomic E-state index is 13.0.